The predicted octanol–water partition coefficient (Wildman–Crippen LogP) is 3.16. The molecule has 140 valence electrons. The van der Waals surface area contributed by atoms with Crippen molar-refractivity contribution >= 4 is 34.1 Å². The Labute approximate surface area is 162 Å². The van der Waals surface area contributed by atoms with Gasteiger partial charge in [-0.3, -0.25) is 14.3 Å². The van der Waals surface area contributed by atoms with Crippen molar-refractivity contribution in [2.45, 2.75) is 25.4 Å². The molecular formula is C20H22N4O2S. The number of para-hydroxylation sites is 1. The molecule has 0 unspecified atom stereocenters. The van der Waals surface area contributed by atoms with Gasteiger partial charge >= 0.3 is 0 Å². The molecule has 1 fully saturated rings. The number of hydrogen-bond acceptors (Lipinski definition) is 4. The summed E-state index contributed by atoms with van der Waals surface area (Å²) in [6.45, 7) is 0.983. The fourth-order valence-corrected chi connectivity index (χ4v) is 4.78. The summed E-state index contributed by atoms with van der Waals surface area (Å²) in [4.78, 5) is 30.5. The van der Waals surface area contributed by atoms with Crippen LogP contribution in [0, 0.1) is 0 Å². The Balaban J connectivity index is 1.53. The van der Waals surface area contributed by atoms with E-state index >= 15 is 0 Å². The van der Waals surface area contributed by atoms with E-state index in [2.05, 4.69) is 5.10 Å². The standard InChI is InChI=1S/C20H22N4O2S/c1-22(2)20(26)18-10-9-17(27-18)16-8-5-11-23(16)19(25)13-24-15-7-4-3-6-14(15)12-21-24/h3-4,6-7,9-10,12,16H,5,8,11,13H2,1-2H3/t16-/m1/s1. The summed E-state index contributed by atoms with van der Waals surface area (Å²) >= 11 is 1.49. The molecule has 27 heavy (non-hydrogen) atoms. The number of thiophene rings is 1. The lowest BCUT2D eigenvalue weighted by Crippen LogP contribution is -2.33. The maximum Gasteiger partial charge on any atom is 0.263 e. The number of aromatic nitrogens is 2. The van der Waals surface area contributed by atoms with E-state index in [9.17, 15) is 9.59 Å². The van der Waals surface area contributed by atoms with Gasteiger partial charge in [0.25, 0.3) is 5.91 Å². The minimum absolute atomic E-state index is 0.00475. The molecule has 3 aromatic rings. The average Bonchev–Trinajstić information content (AvgIpc) is 3.40. The third-order valence-electron chi connectivity index (χ3n) is 4.98. The largest absolute Gasteiger partial charge is 0.344 e. The van der Waals surface area contributed by atoms with Gasteiger partial charge in [-0.1, -0.05) is 18.2 Å². The van der Waals surface area contributed by atoms with Crippen LogP contribution in [0.1, 0.15) is 33.4 Å². The maximum atomic E-state index is 13.0. The molecular weight excluding hydrogens is 360 g/mol. The Morgan fingerprint density at radius 3 is 2.85 bits per heavy atom. The van der Waals surface area contributed by atoms with E-state index in [4.69, 9.17) is 0 Å². The van der Waals surface area contributed by atoms with Crippen LogP contribution in [0.15, 0.2) is 42.6 Å². The molecule has 3 heterocycles. The van der Waals surface area contributed by atoms with Crippen LogP contribution >= 0.6 is 11.3 Å². The lowest BCUT2D eigenvalue weighted by Gasteiger charge is -2.24. The highest BCUT2D eigenvalue weighted by Crippen LogP contribution is 2.36. The van der Waals surface area contributed by atoms with Crippen molar-refractivity contribution in [3.8, 4) is 0 Å². The fraction of sp³-hybridized carbons (Fsp3) is 0.350. The number of fused-ring (bicyclic) bond motifs is 1. The molecule has 4 rings (SSSR count). The quantitative estimate of drug-likeness (QED) is 0.696. The third kappa shape index (κ3) is 3.35. The minimum Gasteiger partial charge on any atom is -0.344 e. The van der Waals surface area contributed by atoms with Crippen molar-refractivity contribution in [3.63, 3.8) is 0 Å². The molecule has 6 nitrogen and oxygen atoms in total. The minimum atomic E-state index is 0.00475. The van der Waals surface area contributed by atoms with Gasteiger partial charge in [-0.05, 0) is 31.0 Å². The molecule has 1 aliphatic heterocycles. The van der Waals surface area contributed by atoms with Crippen molar-refractivity contribution < 1.29 is 9.59 Å². The van der Waals surface area contributed by atoms with Crippen LogP contribution in [0.25, 0.3) is 10.9 Å². The Kier molecular flexibility index (Phi) is 4.70. The van der Waals surface area contributed by atoms with Gasteiger partial charge < -0.3 is 9.80 Å². The number of rotatable bonds is 4. The summed E-state index contributed by atoms with van der Waals surface area (Å²) in [6.07, 6.45) is 3.70. The summed E-state index contributed by atoms with van der Waals surface area (Å²) < 4.78 is 1.77. The predicted molar refractivity (Wildman–Crippen MR) is 106 cm³/mol. The number of benzene rings is 1. The molecule has 2 amide bonds. The van der Waals surface area contributed by atoms with Crippen LogP contribution in [-0.4, -0.2) is 52.0 Å². The van der Waals surface area contributed by atoms with Gasteiger partial charge in [0.1, 0.15) is 6.54 Å². The first-order chi connectivity index (χ1) is 13.0. The molecule has 1 aliphatic rings. The summed E-state index contributed by atoms with van der Waals surface area (Å²) in [7, 11) is 3.50. The van der Waals surface area contributed by atoms with E-state index < -0.39 is 0 Å². The van der Waals surface area contributed by atoms with E-state index in [1.807, 2.05) is 41.3 Å². The van der Waals surface area contributed by atoms with Crippen LogP contribution < -0.4 is 0 Å². The van der Waals surface area contributed by atoms with E-state index in [1.165, 1.54) is 11.3 Å². The zero-order valence-corrected chi connectivity index (χ0v) is 16.3. The Morgan fingerprint density at radius 2 is 2.04 bits per heavy atom. The van der Waals surface area contributed by atoms with E-state index in [1.54, 1.807) is 29.9 Å². The van der Waals surface area contributed by atoms with Gasteiger partial charge in [0.2, 0.25) is 5.91 Å². The van der Waals surface area contributed by atoms with Crippen LogP contribution in [0.2, 0.25) is 0 Å². The molecule has 0 N–H and O–H groups in total. The van der Waals surface area contributed by atoms with Crippen molar-refractivity contribution in [2.75, 3.05) is 20.6 Å². The van der Waals surface area contributed by atoms with Crippen LogP contribution in [-0.2, 0) is 11.3 Å². The SMILES string of the molecule is CN(C)C(=O)c1ccc([C@H]2CCCN2C(=O)Cn2ncc3ccccc32)s1. The second-order valence-electron chi connectivity index (χ2n) is 7.01. The summed E-state index contributed by atoms with van der Waals surface area (Å²) in [6, 6.07) is 11.8. The number of carbonyl (C=O) groups is 2. The lowest BCUT2D eigenvalue weighted by atomic mass is 10.2. The zero-order valence-electron chi connectivity index (χ0n) is 15.5. The molecule has 0 aliphatic carbocycles. The molecule has 0 saturated carbocycles. The summed E-state index contributed by atoms with van der Waals surface area (Å²) in [5.74, 6) is 0.0744. The lowest BCUT2D eigenvalue weighted by molar-refractivity contribution is -0.132. The van der Waals surface area contributed by atoms with Crippen molar-refractivity contribution in [3.05, 3.63) is 52.3 Å². The third-order valence-corrected chi connectivity index (χ3v) is 6.16. The molecule has 7 heteroatoms. The Bertz CT molecular complexity index is 991. The van der Waals surface area contributed by atoms with Crippen molar-refractivity contribution in [2.24, 2.45) is 0 Å². The molecule has 1 atom stereocenters. The second-order valence-corrected chi connectivity index (χ2v) is 8.12. The van der Waals surface area contributed by atoms with Crippen LogP contribution in [0.5, 0.6) is 0 Å². The number of hydrogen-bond donors (Lipinski definition) is 0. The van der Waals surface area contributed by atoms with Crippen LogP contribution in [0.4, 0.5) is 0 Å². The van der Waals surface area contributed by atoms with Gasteiger partial charge in [-0.25, -0.2) is 0 Å². The zero-order chi connectivity index (χ0) is 19.0. The number of carbonyl (C=O) groups excluding carboxylic acids is 2. The van der Waals surface area contributed by atoms with Gasteiger partial charge in [0.15, 0.2) is 0 Å². The van der Waals surface area contributed by atoms with Crippen LogP contribution in [0.3, 0.4) is 0 Å². The van der Waals surface area contributed by atoms with E-state index in [0.29, 0.717) is 4.88 Å². The van der Waals surface area contributed by atoms with Crippen molar-refractivity contribution in [1.29, 1.82) is 0 Å². The average molecular weight is 382 g/mol. The monoisotopic (exact) mass is 382 g/mol. The molecule has 2 aromatic heterocycles. The van der Waals surface area contributed by atoms with Gasteiger partial charge in [-0.2, -0.15) is 5.10 Å². The Morgan fingerprint density at radius 1 is 1.22 bits per heavy atom. The highest BCUT2D eigenvalue weighted by Gasteiger charge is 2.31. The Hall–Kier alpha value is -2.67. The maximum absolute atomic E-state index is 13.0. The highest BCUT2D eigenvalue weighted by molar-refractivity contribution is 7.14. The number of likely N-dealkylation sites (tertiary alicyclic amines) is 1. The first kappa shape index (κ1) is 17.7. The fourth-order valence-electron chi connectivity index (χ4n) is 3.60. The molecule has 0 spiro atoms. The number of nitrogens with zero attached hydrogens (tertiary/aromatic N) is 4. The molecule has 1 aromatic carbocycles. The van der Waals surface area contributed by atoms with E-state index in [0.717, 1.165) is 35.2 Å². The summed E-state index contributed by atoms with van der Waals surface area (Å²) in [5, 5.41) is 5.41. The summed E-state index contributed by atoms with van der Waals surface area (Å²) in [5.41, 5.74) is 0.969. The van der Waals surface area contributed by atoms with Gasteiger partial charge in [-0.15, -0.1) is 11.3 Å². The smallest absolute Gasteiger partial charge is 0.263 e. The van der Waals surface area contributed by atoms with Gasteiger partial charge in [0.05, 0.1) is 22.6 Å². The first-order valence-corrected chi connectivity index (χ1v) is 9.87. The molecule has 1 saturated heterocycles. The van der Waals surface area contributed by atoms with Crippen molar-refractivity contribution in [1.82, 2.24) is 19.6 Å². The number of amides is 2. The first-order valence-electron chi connectivity index (χ1n) is 9.06. The second kappa shape index (κ2) is 7.15. The molecule has 0 bridgehead atoms. The van der Waals surface area contributed by atoms with E-state index in [-0.39, 0.29) is 24.4 Å². The normalized spacial score (nSPS) is 16.8. The highest BCUT2D eigenvalue weighted by atomic mass is 32.1. The topological polar surface area (TPSA) is 58.4 Å². The van der Waals surface area contributed by atoms with Gasteiger partial charge in [0, 0.05) is 30.9 Å². The molecule has 0 radical (unpaired) electrons.